The van der Waals surface area contributed by atoms with E-state index < -0.39 is 35.4 Å². The first-order chi connectivity index (χ1) is 19.9. The summed E-state index contributed by atoms with van der Waals surface area (Å²) in [6.07, 6.45) is 1.44. The zero-order chi connectivity index (χ0) is 28.9. The molecule has 1 fully saturated rings. The molecule has 4 aromatic rings. The highest BCUT2D eigenvalue weighted by Crippen LogP contribution is 2.32. The van der Waals surface area contributed by atoms with Crippen molar-refractivity contribution in [1.82, 2.24) is 35.1 Å². The van der Waals surface area contributed by atoms with Gasteiger partial charge in [-0.25, -0.2) is 19.6 Å². The van der Waals surface area contributed by atoms with E-state index >= 15 is 0 Å². The summed E-state index contributed by atoms with van der Waals surface area (Å²) >= 11 is 0. The first kappa shape index (κ1) is 28.1. The van der Waals surface area contributed by atoms with Gasteiger partial charge in [0.15, 0.2) is 34.8 Å². The molecule has 5 N–H and O–H groups in total. The predicted octanol–water partition coefficient (Wildman–Crippen LogP) is 1.11. The summed E-state index contributed by atoms with van der Waals surface area (Å²) in [5.74, 6) is 0.0155. The average Bonchev–Trinajstić information content (AvgIpc) is 3.69. The number of imidazole rings is 1. The van der Waals surface area contributed by atoms with E-state index in [1.165, 1.54) is 23.3 Å². The number of likely N-dealkylation sites (N-methyl/N-ethyl adjacent to an activating group) is 1. The highest BCUT2D eigenvalue weighted by molar-refractivity contribution is 5.93. The quantitative estimate of drug-likeness (QED) is 0.0861. The van der Waals surface area contributed by atoms with Crippen LogP contribution >= 0.6 is 0 Å². The first-order valence-corrected chi connectivity index (χ1v) is 13.2. The highest BCUT2D eigenvalue weighted by Gasteiger charge is 2.47. The van der Waals surface area contributed by atoms with Gasteiger partial charge in [0.1, 0.15) is 18.5 Å². The molecular weight excluding hydrogens is 540 g/mol. The topological polar surface area (TPSA) is 229 Å². The van der Waals surface area contributed by atoms with Crippen LogP contribution in [0.3, 0.4) is 0 Å². The lowest BCUT2D eigenvalue weighted by atomic mass is 10.1. The highest BCUT2D eigenvalue weighted by atomic mass is 16.6. The summed E-state index contributed by atoms with van der Waals surface area (Å²) in [7, 11) is 0. The largest absolute Gasteiger partial charge is 0.387 e. The summed E-state index contributed by atoms with van der Waals surface area (Å²) in [4.78, 5) is 35.7. The van der Waals surface area contributed by atoms with Gasteiger partial charge in [-0.3, -0.25) is 19.5 Å². The molecule has 17 heteroatoms. The van der Waals surface area contributed by atoms with Gasteiger partial charge in [0, 0.05) is 25.7 Å². The Morgan fingerprint density at radius 1 is 1.02 bits per heavy atom. The molecule has 41 heavy (non-hydrogen) atoms. The normalized spacial score (nSPS) is 20.5. The van der Waals surface area contributed by atoms with Crippen LogP contribution in [0, 0.1) is 10.1 Å². The molecular formula is C24H30N10O7. The predicted molar refractivity (Wildman–Crippen MR) is 144 cm³/mol. The van der Waals surface area contributed by atoms with Crippen LogP contribution in [-0.2, 0) is 9.53 Å². The molecule has 0 radical (unpaired) electrons. The van der Waals surface area contributed by atoms with E-state index in [1.54, 1.807) is 13.0 Å². The number of nitro benzene ring substituents is 1. The smallest absolute Gasteiger partial charge is 0.300 e. The first-order valence-electron chi connectivity index (χ1n) is 13.2. The third-order valence-electron chi connectivity index (χ3n) is 6.78. The number of aliphatic hydroxyl groups excluding tert-OH is 2. The van der Waals surface area contributed by atoms with Crippen molar-refractivity contribution in [3.8, 4) is 0 Å². The number of rotatable bonds is 13. The van der Waals surface area contributed by atoms with Crippen LogP contribution in [0.1, 0.15) is 38.8 Å². The lowest BCUT2D eigenvalue weighted by Gasteiger charge is -2.16. The van der Waals surface area contributed by atoms with E-state index in [9.17, 15) is 25.1 Å². The number of aliphatic hydroxyl groups is 2. The van der Waals surface area contributed by atoms with Crippen LogP contribution in [0.15, 0.2) is 29.4 Å². The Morgan fingerprint density at radius 3 is 2.54 bits per heavy atom. The molecule has 3 aromatic heterocycles. The number of carbonyl (C=O) groups excluding carboxylic acids is 1. The van der Waals surface area contributed by atoms with Gasteiger partial charge in [-0.05, 0) is 36.1 Å². The summed E-state index contributed by atoms with van der Waals surface area (Å²) in [5.41, 5.74) is 1.78. The number of benzene rings is 1. The summed E-state index contributed by atoms with van der Waals surface area (Å²) in [5, 5.41) is 48.5. The number of anilines is 2. The number of non-ortho nitro benzene ring substituents is 1. The second-order valence-corrected chi connectivity index (χ2v) is 9.49. The van der Waals surface area contributed by atoms with Crippen LogP contribution in [-0.4, -0.2) is 88.8 Å². The molecule has 4 atom stereocenters. The van der Waals surface area contributed by atoms with Gasteiger partial charge in [-0.2, -0.15) is 0 Å². The molecule has 1 amide bonds. The monoisotopic (exact) mass is 570 g/mol. The number of aromatic nitrogens is 6. The van der Waals surface area contributed by atoms with Crippen molar-refractivity contribution in [3.05, 3.63) is 34.9 Å². The lowest BCUT2D eigenvalue weighted by Crippen LogP contribution is -2.42. The molecule has 0 spiro atoms. The molecule has 1 saturated heterocycles. The van der Waals surface area contributed by atoms with Crippen molar-refractivity contribution in [2.45, 2.75) is 57.1 Å². The number of nitrogens with zero attached hydrogens (tertiary/aromatic N) is 7. The molecule has 4 heterocycles. The molecule has 0 saturated carbocycles. The van der Waals surface area contributed by atoms with Gasteiger partial charge in [-0.1, -0.05) is 12.8 Å². The molecule has 1 aromatic carbocycles. The van der Waals surface area contributed by atoms with Gasteiger partial charge in [0.05, 0.1) is 16.9 Å². The fourth-order valence-corrected chi connectivity index (χ4v) is 4.73. The molecule has 0 bridgehead atoms. The number of amides is 1. The molecule has 1 aliphatic heterocycles. The number of fused-ring (bicyclic) bond motifs is 2. The molecule has 17 nitrogen and oxygen atoms in total. The van der Waals surface area contributed by atoms with E-state index in [2.05, 4.69) is 45.8 Å². The number of hydrogen-bond donors (Lipinski definition) is 5. The maximum atomic E-state index is 12.2. The second-order valence-electron chi connectivity index (χ2n) is 9.49. The summed E-state index contributed by atoms with van der Waals surface area (Å²) in [6.45, 7) is 3.41. The number of hydrogen-bond acceptors (Lipinski definition) is 14. The van der Waals surface area contributed by atoms with Crippen molar-refractivity contribution < 1.29 is 29.3 Å². The van der Waals surface area contributed by atoms with Crippen LogP contribution in [0.2, 0.25) is 0 Å². The number of ether oxygens (including phenoxy) is 1. The van der Waals surface area contributed by atoms with Crippen molar-refractivity contribution in [3.63, 3.8) is 0 Å². The number of nitro groups is 1. The van der Waals surface area contributed by atoms with Gasteiger partial charge in [-0.15, -0.1) is 0 Å². The zero-order valence-corrected chi connectivity index (χ0v) is 22.1. The Hall–Kier alpha value is -4.48. The van der Waals surface area contributed by atoms with Crippen LogP contribution in [0.5, 0.6) is 0 Å². The Kier molecular flexibility index (Phi) is 8.46. The minimum Gasteiger partial charge on any atom is -0.387 e. The van der Waals surface area contributed by atoms with Crippen LogP contribution < -0.4 is 16.0 Å². The summed E-state index contributed by atoms with van der Waals surface area (Å²) in [6, 6.07) is 2.98. The third-order valence-corrected chi connectivity index (χ3v) is 6.78. The Labute approximate surface area is 232 Å². The standard InChI is InChI=1S/C24H30N10O7/c1-2-25-23(37)20-18(35)19(36)24(40-20)33-12-30-17-21(28-11-29-22(17)33)27-10-6-4-3-5-9-26-13-7-8-14(34(38)39)16-15(13)31-41-32-16/h7-8,11-12,18-20,24,26,35-36H,2-6,9-10H2,1H3,(H,25,37)(H,27,28,29). The fraction of sp³-hybridized carbons (Fsp3) is 0.500. The molecule has 218 valence electrons. The second kappa shape index (κ2) is 12.4. The van der Waals surface area contributed by atoms with Crippen LogP contribution in [0.25, 0.3) is 22.2 Å². The average molecular weight is 571 g/mol. The SMILES string of the molecule is CCNC(=O)C1OC(n2cnc3c(NCCCCCCNc4ccc([N+](=O)[O-])c5nonc45)ncnc32)C(O)C1O. The minimum atomic E-state index is -1.40. The van der Waals surface area contributed by atoms with Crippen molar-refractivity contribution in [1.29, 1.82) is 0 Å². The maximum absolute atomic E-state index is 12.2. The van der Waals surface area contributed by atoms with E-state index in [1.807, 2.05) is 0 Å². The minimum absolute atomic E-state index is 0.114. The Bertz CT molecular complexity index is 1530. The van der Waals surface area contributed by atoms with Gasteiger partial charge in [0.2, 0.25) is 5.52 Å². The van der Waals surface area contributed by atoms with Crippen LogP contribution in [0.4, 0.5) is 17.2 Å². The van der Waals surface area contributed by atoms with Gasteiger partial charge in [0.25, 0.3) is 5.91 Å². The van der Waals surface area contributed by atoms with E-state index in [-0.39, 0.29) is 11.2 Å². The Balaban J connectivity index is 1.09. The number of nitrogens with one attached hydrogen (secondary N) is 3. The van der Waals surface area contributed by atoms with Crippen molar-refractivity contribution in [2.24, 2.45) is 0 Å². The maximum Gasteiger partial charge on any atom is 0.300 e. The molecule has 5 rings (SSSR count). The fourth-order valence-electron chi connectivity index (χ4n) is 4.73. The zero-order valence-electron chi connectivity index (χ0n) is 22.1. The Morgan fingerprint density at radius 2 is 1.78 bits per heavy atom. The van der Waals surface area contributed by atoms with Gasteiger partial charge < -0.3 is 30.9 Å². The van der Waals surface area contributed by atoms with Crippen molar-refractivity contribution in [2.75, 3.05) is 30.3 Å². The number of unbranched alkanes of at least 4 members (excludes halogenated alkanes) is 3. The summed E-state index contributed by atoms with van der Waals surface area (Å²) < 4.78 is 11.8. The number of carbonyl (C=O) groups is 1. The lowest BCUT2D eigenvalue weighted by molar-refractivity contribution is -0.383. The third kappa shape index (κ3) is 5.72. The van der Waals surface area contributed by atoms with E-state index in [0.717, 1.165) is 25.7 Å². The van der Waals surface area contributed by atoms with Gasteiger partial charge >= 0.3 is 5.69 Å². The molecule has 0 aliphatic carbocycles. The molecule has 1 aliphatic rings. The van der Waals surface area contributed by atoms with Crippen molar-refractivity contribution >= 4 is 45.3 Å². The molecule has 4 unspecified atom stereocenters. The van der Waals surface area contributed by atoms with E-state index in [0.29, 0.717) is 47.8 Å². The van der Waals surface area contributed by atoms with E-state index in [4.69, 9.17) is 4.74 Å².